The van der Waals surface area contributed by atoms with E-state index >= 15 is 0 Å². The largest absolute Gasteiger partial charge is 0.495 e. The van der Waals surface area contributed by atoms with Gasteiger partial charge < -0.3 is 14.2 Å². The molecular formula is C25H25F2N3O2. The van der Waals surface area contributed by atoms with Crippen LogP contribution in [-0.2, 0) is 4.79 Å². The van der Waals surface area contributed by atoms with Crippen LogP contribution in [0.15, 0.2) is 54.4 Å². The smallest absolute Gasteiger partial charge is 0.250 e. The van der Waals surface area contributed by atoms with Gasteiger partial charge in [-0.3, -0.25) is 4.79 Å². The highest BCUT2D eigenvalue weighted by Crippen LogP contribution is 2.31. The standard InChI is InChI=1S/C25H25F2N3O2/c1-16(21-8-7-20(26)15-22(21)27)29-11-4-5-19(25(29)31)13-18-6-9-23(24(14-18)32-3)30-12-10-28-17(30)2/h6-10,12-16H,4-5,11H2,1-3H3/b19-13+. The monoisotopic (exact) mass is 437 g/mol. The van der Waals surface area contributed by atoms with E-state index in [0.717, 1.165) is 29.6 Å². The Morgan fingerprint density at radius 1 is 1.19 bits per heavy atom. The van der Waals surface area contributed by atoms with Crippen molar-refractivity contribution in [2.24, 2.45) is 0 Å². The van der Waals surface area contributed by atoms with Crippen molar-refractivity contribution in [2.45, 2.75) is 32.7 Å². The summed E-state index contributed by atoms with van der Waals surface area (Å²) in [5.74, 6) is 0.0987. The van der Waals surface area contributed by atoms with Gasteiger partial charge in [0.15, 0.2) is 0 Å². The third-order valence-electron chi connectivity index (χ3n) is 5.89. The minimum Gasteiger partial charge on any atom is -0.495 e. The van der Waals surface area contributed by atoms with E-state index in [0.29, 0.717) is 29.9 Å². The molecule has 1 atom stereocenters. The van der Waals surface area contributed by atoms with Crippen molar-refractivity contribution in [2.75, 3.05) is 13.7 Å². The average Bonchev–Trinajstić information content (AvgIpc) is 3.20. The van der Waals surface area contributed by atoms with Crippen molar-refractivity contribution in [1.82, 2.24) is 14.5 Å². The van der Waals surface area contributed by atoms with Gasteiger partial charge in [0.25, 0.3) is 0 Å². The van der Waals surface area contributed by atoms with Crippen LogP contribution in [0.1, 0.15) is 42.8 Å². The molecule has 0 N–H and O–H groups in total. The van der Waals surface area contributed by atoms with Crippen LogP contribution < -0.4 is 4.74 Å². The Bertz CT molecular complexity index is 1190. The van der Waals surface area contributed by atoms with E-state index in [-0.39, 0.29) is 5.91 Å². The van der Waals surface area contributed by atoms with E-state index in [2.05, 4.69) is 4.98 Å². The molecule has 7 heteroatoms. The number of ether oxygens (including phenoxy) is 1. The van der Waals surface area contributed by atoms with Gasteiger partial charge in [-0.1, -0.05) is 12.1 Å². The van der Waals surface area contributed by atoms with E-state index in [1.807, 2.05) is 42.0 Å². The number of carbonyl (C=O) groups is 1. The van der Waals surface area contributed by atoms with Crippen LogP contribution in [0.25, 0.3) is 11.8 Å². The van der Waals surface area contributed by atoms with Gasteiger partial charge in [0.05, 0.1) is 18.8 Å². The topological polar surface area (TPSA) is 47.4 Å². The second-order valence-electron chi connectivity index (χ2n) is 7.89. The zero-order chi connectivity index (χ0) is 22.8. The summed E-state index contributed by atoms with van der Waals surface area (Å²) in [6, 6.07) is 8.73. The molecule has 1 unspecified atom stereocenters. The first kappa shape index (κ1) is 21.7. The highest BCUT2D eigenvalue weighted by Gasteiger charge is 2.29. The molecule has 0 aliphatic carbocycles. The zero-order valence-corrected chi connectivity index (χ0v) is 18.3. The van der Waals surface area contributed by atoms with Gasteiger partial charge in [-0.2, -0.15) is 0 Å². The summed E-state index contributed by atoms with van der Waals surface area (Å²) in [5.41, 5.74) is 2.66. The predicted octanol–water partition coefficient (Wildman–Crippen LogP) is 5.23. The van der Waals surface area contributed by atoms with E-state index in [9.17, 15) is 13.6 Å². The van der Waals surface area contributed by atoms with Crippen molar-refractivity contribution < 1.29 is 18.3 Å². The maximum absolute atomic E-state index is 14.3. The lowest BCUT2D eigenvalue weighted by Gasteiger charge is -2.34. The summed E-state index contributed by atoms with van der Waals surface area (Å²) in [5, 5.41) is 0. The summed E-state index contributed by atoms with van der Waals surface area (Å²) in [6.45, 7) is 4.20. The molecule has 1 aliphatic heterocycles. The van der Waals surface area contributed by atoms with Gasteiger partial charge in [0, 0.05) is 36.1 Å². The number of likely N-dealkylation sites (tertiary alicyclic amines) is 1. The van der Waals surface area contributed by atoms with Crippen molar-refractivity contribution in [3.05, 3.63) is 83.0 Å². The number of benzene rings is 2. The fourth-order valence-electron chi connectivity index (χ4n) is 4.16. The maximum atomic E-state index is 14.3. The second kappa shape index (κ2) is 8.94. The lowest BCUT2D eigenvalue weighted by molar-refractivity contribution is -0.130. The van der Waals surface area contributed by atoms with Gasteiger partial charge in [-0.05, 0) is 56.5 Å². The zero-order valence-electron chi connectivity index (χ0n) is 18.3. The summed E-state index contributed by atoms with van der Waals surface area (Å²) in [7, 11) is 1.61. The van der Waals surface area contributed by atoms with Crippen molar-refractivity contribution in [1.29, 1.82) is 0 Å². The molecule has 5 nitrogen and oxygen atoms in total. The number of carbonyl (C=O) groups excluding carboxylic acids is 1. The van der Waals surface area contributed by atoms with Gasteiger partial charge in [0.2, 0.25) is 5.91 Å². The number of rotatable bonds is 5. The van der Waals surface area contributed by atoms with Crippen LogP contribution in [0.4, 0.5) is 8.78 Å². The Morgan fingerprint density at radius 2 is 2.00 bits per heavy atom. The van der Waals surface area contributed by atoms with Crippen LogP contribution in [0, 0.1) is 18.6 Å². The van der Waals surface area contributed by atoms with Crippen LogP contribution in [0.5, 0.6) is 5.75 Å². The molecule has 1 fully saturated rings. The molecule has 166 valence electrons. The first-order valence-electron chi connectivity index (χ1n) is 10.5. The summed E-state index contributed by atoms with van der Waals surface area (Å²) in [4.78, 5) is 19.1. The Balaban J connectivity index is 1.61. The van der Waals surface area contributed by atoms with Crippen molar-refractivity contribution in [3.63, 3.8) is 0 Å². The predicted molar refractivity (Wildman–Crippen MR) is 119 cm³/mol. The van der Waals surface area contributed by atoms with Crippen molar-refractivity contribution >= 4 is 12.0 Å². The Kier molecular flexibility index (Phi) is 6.08. The maximum Gasteiger partial charge on any atom is 0.250 e. The van der Waals surface area contributed by atoms with E-state index in [4.69, 9.17) is 4.74 Å². The molecule has 0 saturated carbocycles. The number of piperidine rings is 1. The summed E-state index contributed by atoms with van der Waals surface area (Å²) < 4.78 is 35.1. The van der Waals surface area contributed by atoms with Gasteiger partial charge in [0.1, 0.15) is 23.2 Å². The van der Waals surface area contributed by atoms with Gasteiger partial charge in [-0.25, -0.2) is 13.8 Å². The van der Waals surface area contributed by atoms with E-state index in [1.165, 1.54) is 12.1 Å². The number of methoxy groups -OCH3 is 1. The SMILES string of the molecule is COc1cc(/C=C2\CCCN(C(C)c3ccc(F)cc3F)C2=O)ccc1-n1ccnc1C. The molecule has 0 spiro atoms. The second-order valence-corrected chi connectivity index (χ2v) is 7.89. The third-order valence-corrected chi connectivity index (χ3v) is 5.89. The number of hydrogen-bond acceptors (Lipinski definition) is 3. The molecule has 4 rings (SSSR count). The van der Waals surface area contributed by atoms with E-state index < -0.39 is 17.7 Å². The molecular weight excluding hydrogens is 412 g/mol. The number of nitrogens with zero attached hydrogens (tertiary/aromatic N) is 3. The van der Waals surface area contributed by atoms with E-state index in [1.54, 1.807) is 25.1 Å². The van der Waals surface area contributed by atoms with Gasteiger partial charge in [-0.15, -0.1) is 0 Å². The van der Waals surface area contributed by atoms with Crippen LogP contribution in [0.2, 0.25) is 0 Å². The normalized spacial score (nSPS) is 16.5. The minimum absolute atomic E-state index is 0.138. The highest BCUT2D eigenvalue weighted by atomic mass is 19.1. The molecule has 32 heavy (non-hydrogen) atoms. The number of aryl methyl sites for hydroxylation is 1. The number of halogens is 2. The number of imidazole rings is 1. The molecule has 0 radical (unpaired) electrons. The molecule has 1 saturated heterocycles. The fraction of sp³-hybridized carbons (Fsp3) is 0.280. The number of aromatic nitrogens is 2. The summed E-state index contributed by atoms with van der Waals surface area (Å²) >= 11 is 0. The highest BCUT2D eigenvalue weighted by molar-refractivity contribution is 5.98. The molecule has 2 aromatic carbocycles. The molecule has 1 amide bonds. The molecule has 3 aromatic rings. The quantitative estimate of drug-likeness (QED) is 0.513. The Morgan fingerprint density at radius 3 is 2.69 bits per heavy atom. The fourth-order valence-corrected chi connectivity index (χ4v) is 4.16. The molecule has 0 bridgehead atoms. The van der Waals surface area contributed by atoms with Crippen molar-refractivity contribution in [3.8, 4) is 11.4 Å². The lowest BCUT2D eigenvalue weighted by Crippen LogP contribution is -2.39. The molecule has 1 aromatic heterocycles. The average molecular weight is 437 g/mol. The Labute approximate surface area is 186 Å². The molecule has 1 aliphatic rings. The van der Waals surface area contributed by atoms with Gasteiger partial charge >= 0.3 is 0 Å². The first-order chi connectivity index (χ1) is 15.4. The number of hydrogen-bond donors (Lipinski definition) is 0. The Hall–Kier alpha value is -3.48. The first-order valence-corrected chi connectivity index (χ1v) is 10.5. The van der Waals surface area contributed by atoms with Crippen LogP contribution in [-0.4, -0.2) is 34.0 Å². The molecule has 2 heterocycles. The lowest BCUT2D eigenvalue weighted by atomic mass is 9.97. The van der Waals surface area contributed by atoms with Crippen LogP contribution in [0.3, 0.4) is 0 Å². The third kappa shape index (κ3) is 4.15. The summed E-state index contributed by atoms with van der Waals surface area (Å²) in [6.07, 6.45) is 6.86. The minimum atomic E-state index is -0.642. The van der Waals surface area contributed by atoms with Crippen LogP contribution >= 0.6 is 0 Å². The number of amides is 1.